The number of carbonyl (C=O) groups is 1. The number of amides is 1. The van der Waals surface area contributed by atoms with E-state index in [9.17, 15) is 4.79 Å². The van der Waals surface area contributed by atoms with E-state index in [2.05, 4.69) is 0 Å². The molecule has 4 nitrogen and oxygen atoms in total. The van der Waals surface area contributed by atoms with Gasteiger partial charge in [0.15, 0.2) is 0 Å². The lowest BCUT2D eigenvalue weighted by molar-refractivity contribution is -0.118. The Kier molecular flexibility index (Phi) is 7.61. The van der Waals surface area contributed by atoms with Gasteiger partial charge in [0, 0.05) is 18.5 Å². The van der Waals surface area contributed by atoms with Gasteiger partial charge < -0.3 is 17.2 Å². The van der Waals surface area contributed by atoms with E-state index in [1.54, 1.807) is 0 Å². The topological polar surface area (TPSA) is 95.1 Å². The number of hydrogen-bond acceptors (Lipinski definition) is 3. The number of rotatable bonds is 10. The van der Waals surface area contributed by atoms with Crippen molar-refractivity contribution in [1.29, 1.82) is 0 Å². The molecule has 1 unspecified atom stereocenters. The molecule has 3 saturated carbocycles. The van der Waals surface area contributed by atoms with E-state index in [4.69, 9.17) is 17.2 Å². The van der Waals surface area contributed by atoms with Crippen molar-refractivity contribution in [1.82, 2.24) is 0 Å². The van der Waals surface area contributed by atoms with Crippen LogP contribution >= 0.6 is 0 Å². The zero-order valence-electron chi connectivity index (χ0n) is 17.3. The number of carbonyl (C=O) groups excluding carboxylic acids is 1. The van der Waals surface area contributed by atoms with Gasteiger partial charge in [-0.3, -0.25) is 4.79 Å². The van der Waals surface area contributed by atoms with Crippen LogP contribution in [0.5, 0.6) is 0 Å². The van der Waals surface area contributed by atoms with Gasteiger partial charge in [-0.2, -0.15) is 0 Å². The third-order valence-electron chi connectivity index (χ3n) is 8.24. The number of hydrogen-bond donors (Lipinski definition) is 3. The normalized spacial score (nSPS) is 39.3. The monoisotopic (exact) mass is 377 g/mol. The molecule has 0 radical (unpaired) electrons. The summed E-state index contributed by atoms with van der Waals surface area (Å²) >= 11 is 0. The molecule has 0 heterocycles. The van der Waals surface area contributed by atoms with Crippen molar-refractivity contribution >= 4 is 5.91 Å². The van der Waals surface area contributed by atoms with Crippen molar-refractivity contribution < 1.29 is 4.79 Å². The Hall–Kier alpha value is -0.610. The first-order valence-electron chi connectivity index (χ1n) is 11.8. The Labute approximate surface area is 166 Å². The maximum absolute atomic E-state index is 10.8. The van der Waals surface area contributed by atoms with E-state index in [-0.39, 0.29) is 5.91 Å². The van der Waals surface area contributed by atoms with Gasteiger partial charge in [0.1, 0.15) is 0 Å². The predicted molar refractivity (Wildman–Crippen MR) is 112 cm³/mol. The fourth-order valence-electron chi connectivity index (χ4n) is 6.61. The summed E-state index contributed by atoms with van der Waals surface area (Å²) < 4.78 is 0. The van der Waals surface area contributed by atoms with E-state index in [1.165, 1.54) is 83.5 Å². The molecule has 0 aromatic heterocycles. The molecule has 0 aromatic rings. The molecule has 3 fully saturated rings. The highest BCUT2D eigenvalue weighted by Crippen LogP contribution is 2.69. The lowest BCUT2D eigenvalue weighted by atomic mass is 9.64. The quantitative estimate of drug-likeness (QED) is 0.497. The van der Waals surface area contributed by atoms with E-state index in [1.807, 2.05) is 0 Å². The highest BCUT2D eigenvalue weighted by Gasteiger charge is 2.61. The van der Waals surface area contributed by atoms with Gasteiger partial charge in [0.05, 0.1) is 0 Å². The molecule has 1 atom stereocenters. The minimum absolute atomic E-state index is 0.155. The maximum Gasteiger partial charge on any atom is 0.217 e. The fraction of sp³-hybridized carbons (Fsp3) is 0.957. The van der Waals surface area contributed by atoms with Crippen LogP contribution in [0.15, 0.2) is 0 Å². The minimum Gasteiger partial charge on any atom is -0.370 e. The van der Waals surface area contributed by atoms with E-state index < -0.39 is 0 Å². The fourth-order valence-corrected chi connectivity index (χ4v) is 6.61. The van der Waals surface area contributed by atoms with E-state index >= 15 is 0 Å². The van der Waals surface area contributed by atoms with Crippen molar-refractivity contribution in [3.63, 3.8) is 0 Å². The second-order valence-corrected chi connectivity index (χ2v) is 10.0. The first kappa shape index (κ1) is 21.1. The predicted octanol–water partition coefficient (Wildman–Crippen LogP) is 4.24. The Balaban J connectivity index is 1.46. The zero-order chi connectivity index (χ0) is 19.3. The van der Waals surface area contributed by atoms with Crippen LogP contribution in [0.4, 0.5) is 0 Å². The van der Waals surface area contributed by atoms with E-state index in [0.29, 0.717) is 23.9 Å². The van der Waals surface area contributed by atoms with Crippen molar-refractivity contribution in [2.75, 3.05) is 0 Å². The van der Waals surface area contributed by atoms with Crippen LogP contribution in [-0.2, 0) is 4.79 Å². The smallest absolute Gasteiger partial charge is 0.217 e. The van der Waals surface area contributed by atoms with Crippen molar-refractivity contribution in [3.05, 3.63) is 0 Å². The second kappa shape index (κ2) is 9.73. The standard InChI is InChI=1S/C23H43N3O/c24-20-12-8-17(9-13-20)23(18-10-14-21(25)15-11-18)16-19(23)6-4-2-1-3-5-7-22(26)27/h17-21H,1-16,24-25H2,(H2,26,27). The lowest BCUT2D eigenvalue weighted by Crippen LogP contribution is -2.38. The average molecular weight is 378 g/mol. The molecule has 1 amide bonds. The highest BCUT2D eigenvalue weighted by atomic mass is 16.1. The summed E-state index contributed by atoms with van der Waals surface area (Å²) in [5.41, 5.74) is 18.3. The summed E-state index contributed by atoms with van der Waals surface area (Å²) in [4.78, 5) is 10.8. The summed E-state index contributed by atoms with van der Waals surface area (Å²) in [5.74, 6) is 2.66. The van der Waals surface area contributed by atoms with Gasteiger partial charge in [-0.05, 0) is 93.8 Å². The largest absolute Gasteiger partial charge is 0.370 e. The molecule has 0 saturated heterocycles. The van der Waals surface area contributed by atoms with Crippen molar-refractivity contribution in [2.45, 2.75) is 115 Å². The third kappa shape index (κ3) is 5.47. The van der Waals surface area contributed by atoms with Crippen LogP contribution in [0.25, 0.3) is 0 Å². The number of unbranched alkanes of at least 4 members (excludes halogenated alkanes) is 4. The molecule has 156 valence electrons. The Morgan fingerprint density at radius 2 is 1.22 bits per heavy atom. The van der Waals surface area contributed by atoms with Gasteiger partial charge in [-0.15, -0.1) is 0 Å². The highest BCUT2D eigenvalue weighted by molar-refractivity contribution is 5.73. The Bertz CT molecular complexity index is 442. The minimum atomic E-state index is -0.155. The molecular formula is C23H43N3O. The molecule has 3 aliphatic rings. The summed E-state index contributed by atoms with van der Waals surface area (Å²) in [5, 5.41) is 0. The maximum atomic E-state index is 10.8. The molecule has 3 aliphatic carbocycles. The molecular weight excluding hydrogens is 334 g/mol. The lowest BCUT2D eigenvalue weighted by Gasteiger charge is -2.42. The van der Waals surface area contributed by atoms with Crippen LogP contribution < -0.4 is 17.2 Å². The molecule has 6 N–H and O–H groups in total. The molecule has 0 bridgehead atoms. The zero-order valence-corrected chi connectivity index (χ0v) is 17.3. The van der Waals surface area contributed by atoms with Crippen LogP contribution in [0.2, 0.25) is 0 Å². The number of nitrogens with two attached hydrogens (primary N) is 3. The van der Waals surface area contributed by atoms with Crippen molar-refractivity contribution in [3.8, 4) is 0 Å². The molecule has 27 heavy (non-hydrogen) atoms. The third-order valence-corrected chi connectivity index (χ3v) is 8.24. The van der Waals surface area contributed by atoms with Gasteiger partial charge in [-0.1, -0.05) is 25.7 Å². The van der Waals surface area contributed by atoms with Gasteiger partial charge in [-0.25, -0.2) is 0 Å². The molecule has 4 heteroatoms. The van der Waals surface area contributed by atoms with Gasteiger partial charge >= 0.3 is 0 Å². The molecule has 0 spiro atoms. The second-order valence-electron chi connectivity index (χ2n) is 10.0. The van der Waals surface area contributed by atoms with Crippen molar-refractivity contribution in [2.24, 2.45) is 40.4 Å². The summed E-state index contributed by atoms with van der Waals surface area (Å²) in [6.07, 6.45) is 19.9. The SMILES string of the molecule is NC(=O)CCCCCCCC1CC1(C1CCC(N)CC1)C1CCC(N)CC1. The van der Waals surface area contributed by atoms with Gasteiger partial charge in [0.2, 0.25) is 5.91 Å². The van der Waals surface area contributed by atoms with Crippen LogP contribution in [0.1, 0.15) is 103 Å². The van der Waals surface area contributed by atoms with Crippen LogP contribution in [-0.4, -0.2) is 18.0 Å². The summed E-state index contributed by atoms with van der Waals surface area (Å²) in [6, 6.07) is 0.909. The molecule has 3 rings (SSSR count). The van der Waals surface area contributed by atoms with Crippen LogP contribution in [0.3, 0.4) is 0 Å². The molecule has 0 aliphatic heterocycles. The Morgan fingerprint density at radius 3 is 1.74 bits per heavy atom. The van der Waals surface area contributed by atoms with Crippen LogP contribution in [0, 0.1) is 23.2 Å². The Morgan fingerprint density at radius 1 is 0.741 bits per heavy atom. The van der Waals surface area contributed by atoms with E-state index in [0.717, 1.165) is 30.6 Å². The first-order valence-corrected chi connectivity index (χ1v) is 11.8. The summed E-state index contributed by atoms with van der Waals surface area (Å²) in [7, 11) is 0. The van der Waals surface area contributed by atoms with Gasteiger partial charge in [0.25, 0.3) is 0 Å². The summed E-state index contributed by atoms with van der Waals surface area (Å²) in [6.45, 7) is 0. The average Bonchev–Trinajstić information content (AvgIpc) is 3.37. The number of primary amides is 1. The molecule has 0 aromatic carbocycles. The first-order chi connectivity index (χ1) is 13.0.